The highest BCUT2D eigenvalue weighted by atomic mass is 32.1. The number of hydrogen-bond acceptors (Lipinski definition) is 3. The van der Waals surface area contributed by atoms with E-state index in [9.17, 15) is 8.78 Å². The first kappa shape index (κ1) is 19.1. The van der Waals surface area contributed by atoms with Gasteiger partial charge in [0.1, 0.15) is 12.4 Å². The van der Waals surface area contributed by atoms with Crippen LogP contribution in [0.4, 0.5) is 8.78 Å². The van der Waals surface area contributed by atoms with Crippen molar-refractivity contribution < 1.29 is 13.5 Å². The van der Waals surface area contributed by atoms with Gasteiger partial charge in [-0.05, 0) is 36.8 Å². The van der Waals surface area contributed by atoms with Crippen LogP contribution in [0.25, 0.3) is 0 Å². The molecule has 2 aromatic carbocycles. The Bertz CT molecular complexity index is 849. The van der Waals surface area contributed by atoms with Gasteiger partial charge in [0.25, 0.3) is 0 Å². The van der Waals surface area contributed by atoms with E-state index < -0.39 is 11.6 Å². The van der Waals surface area contributed by atoms with E-state index in [1.165, 1.54) is 11.6 Å². The molecule has 4 rings (SSSR count). The molecule has 4 nitrogen and oxygen atoms in total. The lowest BCUT2D eigenvalue weighted by Crippen LogP contribution is -2.49. The number of halogens is 2. The maximum atomic E-state index is 13.9. The Morgan fingerprint density at radius 1 is 1.21 bits per heavy atom. The standard InChI is InChI=1S/C21H23F2N3OS/c22-16-8-15-9-18(13-27-20(15)19(23)10-16)26-17(12-25-21(26)28)6-7-24-11-14-4-2-1-3-5-14/h1-5,8,10,17-18,24H,6-7,9,11-13H2,(H,25,28)/t17?,18-/m1/s1. The molecule has 0 aliphatic carbocycles. The highest BCUT2D eigenvalue weighted by Gasteiger charge is 2.36. The third-order valence-corrected chi connectivity index (χ3v) is 5.65. The minimum Gasteiger partial charge on any atom is -0.488 e. The summed E-state index contributed by atoms with van der Waals surface area (Å²) >= 11 is 5.49. The predicted molar refractivity (Wildman–Crippen MR) is 108 cm³/mol. The van der Waals surface area contributed by atoms with E-state index in [4.69, 9.17) is 17.0 Å². The predicted octanol–water partition coefficient (Wildman–Crippen LogP) is 3.01. The average Bonchev–Trinajstić information content (AvgIpc) is 3.06. The van der Waals surface area contributed by atoms with Crippen molar-refractivity contribution in [3.8, 4) is 5.75 Å². The second kappa shape index (κ2) is 8.41. The number of benzene rings is 2. The van der Waals surface area contributed by atoms with Crippen molar-refractivity contribution in [1.82, 2.24) is 15.5 Å². The summed E-state index contributed by atoms with van der Waals surface area (Å²) in [7, 11) is 0. The lowest BCUT2D eigenvalue weighted by molar-refractivity contribution is 0.149. The molecule has 2 atom stereocenters. The zero-order valence-electron chi connectivity index (χ0n) is 15.5. The van der Waals surface area contributed by atoms with E-state index in [0.717, 1.165) is 32.1 Å². The quantitative estimate of drug-likeness (QED) is 0.573. The van der Waals surface area contributed by atoms with Crippen LogP contribution in [0.2, 0.25) is 0 Å². The van der Waals surface area contributed by atoms with Gasteiger partial charge in [-0.15, -0.1) is 0 Å². The smallest absolute Gasteiger partial charge is 0.169 e. The summed E-state index contributed by atoms with van der Waals surface area (Å²) in [5, 5.41) is 7.40. The largest absolute Gasteiger partial charge is 0.488 e. The Morgan fingerprint density at radius 3 is 2.86 bits per heavy atom. The van der Waals surface area contributed by atoms with Crippen molar-refractivity contribution in [2.45, 2.75) is 31.5 Å². The van der Waals surface area contributed by atoms with E-state index in [-0.39, 0.29) is 17.8 Å². The van der Waals surface area contributed by atoms with Crippen molar-refractivity contribution in [3.63, 3.8) is 0 Å². The molecule has 1 unspecified atom stereocenters. The molecular formula is C21H23F2N3OS. The summed E-state index contributed by atoms with van der Waals surface area (Å²) in [4.78, 5) is 2.14. The van der Waals surface area contributed by atoms with Crippen molar-refractivity contribution in [1.29, 1.82) is 0 Å². The van der Waals surface area contributed by atoms with E-state index in [1.54, 1.807) is 0 Å². The first-order valence-electron chi connectivity index (χ1n) is 9.53. The van der Waals surface area contributed by atoms with Gasteiger partial charge in [0.2, 0.25) is 0 Å². The van der Waals surface area contributed by atoms with Gasteiger partial charge in [-0.2, -0.15) is 0 Å². The number of ether oxygens (including phenoxy) is 1. The third kappa shape index (κ3) is 4.10. The van der Waals surface area contributed by atoms with Gasteiger partial charge in [-0.1, -0.05) is 30.3 Å². The molecule has 7 heteroatoms. The number of thiocarbonyl (C=S) groups is 1. The summed E-state index contributed by atoms with van der Waals surface area (Å²) in [5.41, 5.74) is 1.81. The van der Waals surface area contributed by atoms with Crippen LogP contribution in [0.15, 0.2) is 42.5 Å². The molecule has 1 saturated heterocycles. The van der Waals surface area contributed by atoms with Gasteiger partial charge >= 0.3 is 0 Å². The summed E-state index contributed by atoms with van der Waals surface area (Å²) in [6, 6.07) is 12.7. The lowest BCUT2D eigenvalue weighted by atomic mass is 9.99. The lowest BCUT2D eigenvalue weighted by Gasteiger charge is -2.36. The molecule has 0 aromatic heterocycles. The van der Waals surface area contributed by atoms with Gasteiger partial charge in [-0.3, -0.25) is 0 Å². The van der Waals surface area contributed by atoms with Crippen LogP contribution >= 0.6 is 12.2 Å². The average molecular weight is 403 g/mol. The molecular weight excluding hydrogens is 380 g/mol. The zero-order valence-corrected chi connectivity index (χ0v) is 16.3. The first-order chi connectivity index (χ1) is 13.6. The summed E-state index contributed by atoms with van der Waals surface area (Å²) in [5.74, 6) is -1.06. The Hall–Kier alpha value is -2.25. The second-order valence-electron chi connectivity index (χ2n) is 7.24. The van der Waals surface area contributed by atoms with Crippen LogP contribution in [0.5, 0.6) is 5.75 Å². The molecule has 0 spiro atoms. The van der Waals surface area contributed by atoms with Crippen molar-refractivity contribution in [2.75, 3.05) is 19.7 Å². The molecule has 148 valence electrons. The van der Waals surface area contributed by atoms with Gasteiger partial charge in [0.15, 0.2) is 16.7 Å². The molecule has 2 N–H and O–H groups in total. The highest BCUT2D eigenvalue weighted by Crippen LogP contribution is 2.32. The first-order valence-corrected chi connectivity index (χ1v) is 9.94. The molecule has 0 amide bonds. The molecule has 1 fully saturated rings. The minimum atomic E-state index is -0.641. The van der Waals surface area contributed by atoms with E-state index in [1.807, 2.05) is 18.2 Å². The van der Waals surface area contributed by atoms with Crippen LogP contribution < -0.4 is 15.4 Å². The van der Waals surface area contributed by atoms with E-state index in [0.29, 0.717) is 23.7 Å². The molecule has 2 heterocycles. The van der Waals surface area contributed by atoms with Crippen LogP contribution in [0.3, 0.4) is 0 Å². The molecule has 0 saturated carbocycles. The zero-order chi connectivity index (χ0) is 19.5. The van der Waals surface area contributed by atoms with E-state index >= 15 is 0 Å². The number of nitrogens with one attached hydrogen (secondary N) is 2. The molecule has 2 aliphatic rings. The maximum Gasteiger partial charge on any atom is 0.169 e. The SMILES string of the molecule is Fc1cc(F)c2c(c1)C[C@@H](N1C(=S)NCC1CCNCc1ccccc1)CO2. The second-order valence-corrected chi connectivity index (χ2v) is 7.63. The molecule has 0 bridgehead atoms. The number of fused-ring (bicyclic) bond motifs is 1. The molecule has 2 aromatic rings. The Morgan fingerprint density at radius 2 is 2.04 bits per heavy atom. The van der Waals surface area contributed by atoms with Gasteiger partial charge in [0, 0.05) is 31.1 Å². The normalized spacial score (nSPS) is 21.2. The summed E-state index contributed by atoms with van der Waals surface area (Å²) < 4.78 is 33.1. The van der Waals surface area contributed by atoms with E-state index in [2.05, 4.69) is 27.7 Å². The fourth-order valence-electron chi connectivity index (χ4n) is 3.96. The van der Waals surface area contributed by atoms with Crippen LogP contribution in [0.1, 0.15) is 17.5 Å². The summed E-state index contributed by atoms with van der Waals surface area (Å²) in [6.07, 6.45) is 1.43. The van der Waals surface area contributed by atoms with Gasteiger partial charge < -0.3 is 20.3 Å². The van der Waals surface area contributed by atoms with Gasteiger partial charge in [-0.25, -0.2) is 8.78 Å². The van der Waals surface area contributed by atoms with Crippen molar-refractivity contribution in [3.05, 3.63) is 65.2 Å². The number of hydrogen-bond donors (Lipinski definition) is 2. The van der Waals surface area contributed by atoms with Crippen LogP contribution in [-0.4, -0.2) is 41.8 Å². The Kier molecular flexibility index (Phi) is 5.73. The Labute approximate surface area is 168 Å². The number of rotatable bonds is 6. The van der Waals surface area contributed by atoms with Crippen LogP contribution in [0, 0.1) is 11.6 Å². The van der Waals surface area contributed by atoms with Crippen molar-refractivity contribution >= 4 is 17.3 Å². The third-order valence-electron chi connectivity index (χ3n) is 5.30. The monoisotopic (exact) mass is 403 g/mol. The topological polar surface area (TPSA) is 36.5 Å². The number of nitrogens with zero attached hydrogens (tertiary/aromatic N) is 1. The molecule has 2 aliphatic heterocycles. The molecule has 0 radical (unpaired) electrons. The maximum absolute atomic E-state index is 13.9. The summed E-state index contributed by atoms with van der Waals surface area (Å²) in [6.45, 7) is 2.79. The highest BCUT2D eigenvalue weighted by molar-refractivity contribution is 7.80. The Balaban J connectivity index is 1.36. The molecule has 28 heavy (non-hydrogen) atoms. The van der Waals surface area contributed by atoms with Crippen molar-refractivity contribution in [2.24, 2.45) is 0 Å². The van der Waals surface area contributed by atoms with Crippen LogP contribution in [-0.2, 0) is 13.0 Å². The minimum absolute atomic E-state index is 0.0321. The van der Waals surface area contributed by atoms with Gasteiger partial charge in [0.05, 0.1) is 12.1 Å². The fourth-order valence-corrected chi connectivity index (χ4v) is 4.34. The fraction of sp³-hybridized carbons (Fsp3) is 0.381.